The fourth-order valence-corrected chi connectivity index (χ4v) is 3.58. The van der Waals surface area contributed by atoms with Crippen LogP contribution in [0.5, 0.6) is 34.5 Å². The number of phenols is 1. The third kappa shape index (κ3) is 3.51. The maximum Gasteiger partial charge on any atom is 0.511 e. The van der Waals surface area contributed by atoms with Crippen LogP contribution in [0.4, 0.5) is 9.59 Å². The third-order valence-electron chi connectivity index (χ3n) is 4.74. The first-order valence-corrected chi connectivity index (χ1v) is 9.31. The minimum atomic E-state index is -1.77. The summed E-state index contributed by atoms with van der Waals surface area (Å²) in [6.45, 7) is 3.37. The van der Waals surface area contributed by atoms with Gasteiger partial charge in [-0.3, -0.25) is 0 Å². The SMILES string of the molecule is COc1ccc(-c2c(OC(=O)O)c(OC(=O)O)c(O)c3ccc4c(c23)OC(C)(C)O4)cc1. The summed E-state index contributed by atoms with van der Waals surface area (Å²) in [6, 6.07) is 9.52. The van der Waals surface area contributed by atoms with Gasteiger partial charge < -0.3 is 39.0 Å². The Morgan fingerprint density at radius 3 is 2.12 bits per heavy atom. The van der Waals surface area contributed by atoms with Gasteiger partial charge in [-0.2, -0.15) is 0 Å². The molecule has 3 N–H and O–H groups in total. The van der Waals surface area contributed by atoms with Gasteiger partial charge in [-0.1, -0.05) is 12.1 Å². The topological polar surface area (TPSA) is 141 Å². The summed E-state index contributed by atoms with van der Waals surface area (Å²) in [6.07, 6.45) is -3.50. The first-order chi connectivity index (χ1) is 15.1. The van der Waals surface area contributed by atoms with E-state index in [2.05, 4.69) is 0 Å². The average molecular weight is 442 g/mol. The number of carbonyl (C=O) groups is 2. The van der Waals surface area contributed by atoms with Crippen LogP contribution in [0.2, 0.25) is 0 Å². The van der Waals surface area contributed by atoms with Crippen LogP contribution in [0.3, 0.4) is 0 Å². The minimum absolute atomic E-state index is 0.122. The standard InChI is InChI=1S/C22H18O10/c1-22(2)31-13-9-8-12-15(17(13)32-22)14(10-4-6-11(28-3)7-5-10)18(29-20(24)25)19(16(12)23)30-21(26)27/h4-9,23H,1-3H3,(H,24,25)(H,26,27). The van der Waals surface area contributed by atoms with Gasteiger partial charge in [0, 0.05) is 30.2 Å². The molecular formula is C22H18O10. The molecule has 0 aromatic heterocycles. The van der Waals surface area contributed by atoms with Crippen LogP contribution >= 0.6 is 0 Å². The molecule has 166 valence electrons. The molecule has 1 aliphatic heterocycles. The van der Waals surface area contributed by atoms with Crippen LogP contribution in [0, 0.1) is 0 Å². The van der Waals surface area contributed by atoms with E-state index in [9.17, 15) is 24.9 Å². The number of aromatic hydroxyl groups is 1. The molecule has 1 aliphatic rings. The van der Waals surface area contributed by atoms with Gasteiger partial charge in [0.2, 0.25) is 11.5 Å². The van der Waals surface area contributed by atoms with E-state index in [-0.39, 0.29) is 22.1 Å². The Labute approximate surface area is 181 Å². The zero-order chi connectivity index (χ0) is 23.2. The lowest BCUT2D eigenvalue weighted by atomic mass is 9.94. The molecule has 0 atom stereocenters. The van der Waals surface area contributed by atoms with E-state index in [1.807, 2.05) is 0 Å². The highest BCUT2D eigenvalue weighted by Crippen LogP contribution is 2.56. The van der Waals surface area contributed by atoms with Gasteiger partial charge in [0.1, 0.15) is 5.75 Å². The van der Waals surface area contributed by atoms with Crippen molar-refractivity contribution in [1.82, 2.24) is 0 Å². The Morgan fingerprint density at radius 2 is 1.53 bits per heavy atom. The fourth-order valence-electron chi connectivity index (χ4n) is 3.58. The molecule has 0 aliphatic carbocycles. The number of ether oxygens (including phenoxy) is 5. The minimum Gasteiger partial charge on any atom is -0.504 e. The third-order valence-corrected chi connectivity index (χ3v) is 4.74. The summed E-state index contributed by atoms with van der Waals surface area (Å²) in [5.74, 6) is -1.74. The Balaban J connectivity index is 2.16. The van der Waals surface area contributed by atoms with Gasteiger partial charge >= 0.3 is 12.3 Å². The number of methoxy groups -OCH3 is 1. The number of rotatable bonds is 4. The lowest BCUT2D eigenvalue weighted by Gasteiger charge is -2.19. The van der Waals surface area contributed by atoms with Crippen LogP contribution in [0.15, 0.2) is 36.4 Å². The molecule has 0 fully saturated rings. The number of benzene rings is 3. The van der Waals surface area contributed by atoms with Crippen LogP contribution in [-0.2, 0) is 0 Å². The molecule has 0 radical (unpaired) electrons. The quantitative estimate of drug-likeness (QED) is 0.379. The first-order valence-electron chi connectivity index (χ1n) is 9.31. The highest BCUT2D eigenvalue weighted by Gasteiger charge is 2.37. The van der Waals surface area contributed by atoms with Crippen LogP contribution in [-0.4, -0.2) is 40.5 Å². The van der Waals surface area contributed by atoms with Gasteiger partial charge in [0.15, 0.2) is 23.0 Å². The van der Waals surface area contributed by atoms with Crippen molar-refractivity contribution < 1.29 is 48.6 Å². The van der Waals surface area contributed by atoms with Crippen molar-refractivity contribution in [3.8, 4) is 45.6 Å². The maximum atomic E-state index is 11.5. The summed E-state index contributed by atoms with van der Waals surface area (Å²) in [7, 11) is 1.49. The van der Waals surface area contributed by atoms with Crippen molar-refractivity contribution in [2.75, 3.05) is 7.11 Å². The van der Waals surface area contributed by atoms with E-state index in [0.717, 1.165) is 0 Å². The van der Waals surface area contributed by atoms with Crippen LogP contribution in [0.1, 0.15) is 13.8 Å². The Hall–Kier alpha value is -4.34. The average Bonchev–Trinajstić information content (AvgIpc) is 3.04. The van der Waals surface area contributed by atoms with Crippen molar-refractivity contribution in [2.45, 2.75) is 19.6 Å². The summed E-state index contributed by atoms with van der Waals surface area (Å²) < 4.78 is 26.5. The predicted octanol–water partition coefficient (Wildman–Crippen LogP) is 4.84. The molecule has 0 saturated carbocycles. The van der Waals surface area contributed by atoms with Gasteiger partial charge in [-0.25, -0.2) is 9.59 Å². The highest BCUT2D eigenvalue weighted by atomic mass is 16.7. The Kier molecular flexibility index (Phi) is 4.85. The molecule has 0 amide bonds. The molecule has 32 heavy (non-hydrogen) atoms. The largest absolute Gasteiger partial charge is 0.511 e. The number of phenolic OH excluding ortho intramolecular Hbond substituents is 1. The Bertz CT molecular complexity index is 1240. The lowest BCUT2D eigenvalue weighted by Crippen LogP contribution is -2.29. The van der Waals surface area contributed by atoms with Gasteiger partial charge in [0.25, 0.3) is 0 Å². The van der Waals surface area contributed by atoms with E-state index in [4.69, 9.17) is 23.7 Å². The van der Waals surface area contributed by atoms with Crippen molar-refractivity contribution in [3.05, 3.63) is 36.4 Å². The normalized spacial score (nSPS) is 13.6. The second-order valence-corrected chi connectivity index (χ2v) is 7.27. The van der Waals surface area contributed by atoms with Crippen LogP contribution < -0.4 is 23.7 Å². The summed E-state index contributed by atoms with van der Waals surface area (Å²) >= 11 is 0. The molecule has 0 spiro atoms. The second-order valence-electron chi connectivity index (χ2n) is 7.27. The van der Waals surface area contributed by atoms with E-state index in [0.29, 0.717) is 17.1 Å². The monoisotopic (exact) mass is 442 g/mol. The van der Waals surface area contributed by atoms with Gasteiger partial charge in [-0.15, -0.1) is 0 Å². The first kappa shape index (κ1) is 20.9. The maximum absolute atomic E-state index is 11.5. The molecule has 10 heteroatoms. The summed E-state index contributed by atoms with van der Waals surface area (Å²) in [5, 5.41) is 29.7. The molecule has 0 bridgehead atoms. The number of carboxylic acid groups (broad SMARTS) is 2. The lowest BCUT2D eigenvalue weighted by molar-refractivity contribution is -0.0425. The number of fused-ring (bicyclic) bond motifs is 3. The van der Waals surface area contributed by atoms with Crippen molar-refractivity contribution in [2.24, 2.45) is 0 Å². The van der Waals surface area contributed by atoms with Gasteiger partial charge in [0.05, 0.1) is 7.11 Å². The van der Waals surface area contributed by atoms with E-state index in [1.54, 1.807) is 44.2 Å². The molecule has 3 aromatic carbocycles. The molecule has 3 aromatic rings. The number of hydrogen-bond acceptors (Lipinski definition) is 8. The van der Waals surface area contributed by atoms with Crippen molar-refractivity contribution in [1.29, 1.82) is 0 Å². The molecule has 4 rings (SSSR count). The van der Waals surface area contributed by atoms with Crippen molar-refractivity contribution in [3.63, 3.8) is 0 Å². The fraction of sp³-hybridized carbons (Fsp3) is 0.182. The van der Waals surface area contributed by atoms with Crippen LogP contribution in [0.25, 0.3) is 21.9 Å². The molecule has 1 heterocycles. The van der Waals surface area contributed by atoms with Gasteiger partial charge in [-0.05, 0) is 29.8 Å². The second kappa shape index (κ2) is 7.41. The number of hydrogen-bond donors (Lipinski definition) is 3. The van der Waals surface area contributed by atoms with E-state index < -0.39 is 35.3 Å². The zero-order valence-electron chi connectivity index (χ0n) is 17.2. The van der Waals surface area contributed by atoms with Crippen molar-refractivity contribution >= 4 is 23.1 Å². The molecule has 10 nitrogen and oxygen atoms in total. The predicted molar refractivity (Wildman–Crippen MR) is 110 cm³/mol. The molecule has 0 unspecified atom stereocenters. The molecule has 0 saturated heterocycles. The Morgan fingerprint density at radius 1 is 0.906 bits per heavy atom. The van der Waals surface area contributed by atoms with E-state index in [1.165, 1.54) is 13.2 Å². The highest BCUT2D eigenvalue weighted by molar-refractivity contribution is 6.10. The smallest absolute Gasteiger partial charge is 0.504 e. The van der Waals surface area contributed by atoms with E-state index >= 15 is 0 Å². The molecular weight excluding hydrogens is 424 g/mol. The zero-order valence-corrected chi connectivity index (χ0v) is 17.2. The summed E-state index contributed by atoms with van der Waals surface area (Å²) in [4.78, 5) is 22.8. The summed E-state index contributed by atoms with van der Waals surface area (Å²) in [5.41, 5.74) is 0.543.